The van der Waals surface area contributed by atoms with Gasteiger partial charge in [-0.1, -0.05) is 27.6 Å². The monoisotopic (exact) mass is 503 g/mol. The van der Waals surface area contributed by atoms with Crippen molar-refractivity contribution in [1.82, 2.24) is 5.01 Å². The lowest BCUT2D eigenvalue weighted by Crippen LogP contribution is -2.56. The Morgan fingerprint density at radius 3 is 2.67 bits per heavy atom. The highest BCUT2D eigenvalue weighted by Gasteiger charge is 2.62. The SMILES string of the molecule is COc1ccc(C2=NN3[C@H](C2)c2cc(Br)ccc2O[C@@]32C(=O)N(C)c3ccc(C)cc32)cc1. The van der Waals surface area contributed by atoms with Crippen LogP contribution in [0.2, 0.25) is 0 Å². The van der Waals surface area contributed by atoms with Crippen molar-refractivity contribution in [3.05, 3.63) is 87.4 Å². The summed E-state index contributed by atoms with van der Waals surface area (Å²) in [6.45, 7) is 2.03. The largest absolute Gasteiger partial charge is 0.497 e. The molecule has 0 saturated heterocycles. The van der Waals surface area contributed by atoms with Crippen molar-refractivity contribution < 1.29 is 14.3 Å². The number of anilines is 1. The fraction of sp³-hybridized carbons (Fsp3) is 0.231. The van der Waals surface area contributed by atoms with Crippen molar-refractivity contribution in [3.8, 4) is 11.5 Å². The Morgan fingerprint density at radius 1 is 1.12 bits per heavy atom. The van der Waals surface area contributed by atoms with Gasteiger partial charge in [0, 0.05) is 23.5 Å². The minimum absolute atomic E-state index is 0.132. The summed E-state index contributed by atoms with van der Waals surface area (Å²) in [5.41, 5.74) is 4.33. The van der Waals surface area contributed by atoms with Crippen molar-refractivity contribution in [3.63, 3.8) is 0 Å². The zero-order valence-corrected chi connectivity index (χ0v) is 20.1. The van der Waals surface area contributed by atoms with Gasteiger partial charge in [0.2, 0.25) is 0 Å². The predicted molar refractivity (Wildman–Crippen MR) is 130 cm³/mol. The van der Waals surface area contributed by atoms with Crippen LogP contribution in [0.5, 0.6) is 11.5 Å². The van der Waals surface area contributed by atoms with Gasteiger partial charge in [-0.05, 0) is 67.1 Å². The summed E-state index contributed by atoms with van der Waals surface area (Å²) in [6, 6.07) is 19.7. The number of hydrogen-bond donors (Lipinski definition) is 0. The number of nitrogens with zero attached hydrogens (tertiary/aromatic N) is 3. The molecule has 3 aliphatic heterocycles. The van der Waals surface area contributed by atoms with E-state index in [1.54, 1.807) is 19.1 Å². The molecule has 0 unspecified atom stereocenters. The second-order valence-corrected chi connectivity index (χ2v) is 9.57. The maximum absolute atomic E-state index is 13.9. The van der Waals surface area contributed by atoms with E-state index >= 15 is 0 Å². The maximum atomic E-state index is 13.9. The molecule has 0 N–H and O–H groups in total. The topological polar surface area (TPSA) is 54.4 Å². The Kier molecular flexibility index (Phi) is 4.36. The highest BCUT2D eigenvalue weighted by atomic mass is 79.9. The van der Waals surface area contributed by atoms with E-state index in [1.807, 2.05) is 66.5 Å². The molecule has 3 aromatic carbocycles. The van der Waals surface area contributed by atoms with Gasteiger partial charge in [-0.15, -0.1) is 0 Å². The summed E-state index contributed by atoms with van der Waals surface area (Å²) >= 11 is 3.59. The summed E-state index contributed by atoms with van der Waals surface area (Å²) in [4.78, 5) is 15.5. The van der Waals surface area contributed by atoms with Crippen molar-refractivity contribution in [1.29, 1.82) is 0 Å². The fourth-order valence-electron chi connectivity index (χ4n) is 5.07. The molecule has 2 atom stereocenters. The Bertz CT molecular complexity index is 1340. The zero-order valence-electron chi connectivity index (χ0n) is 18.5. The predicted octanol–water partition coefficient (Wildman–Crippen LogP) is 5.14. The molecule has 0 fully saturated rings. The molecule has 6 nitrogen and oxygen atoms in total. The first-order valence-corrected chi connectivity index (χ1v) is 11.6. The van der Waals surface area contributed by atoms with Crippen LogP contribution < -0.4 is 14.4 Å². The lowest BCUT2D eigenvalue weighted by molar-refractivity contribution is -0.163. The maximum Gasteiger partial charge on any atom is 0.306 e. The van der Waals surface area contributed by atoms with Gasteiger partial charge in [-0.2, -0.15) is 5.10 Å². The first-order chi connectivity index (χ1) is 15.9. The number of methoxy groups -OCH3 is 1. The molecule has 3 aliphatic rings. The van der Waals surface area contributed by atoms with E-state index in [0.29, 0.717) is 12.2 Å². The molecule has 0 radical (unpaired) electrons. The summed E-state index contributed by atoms with van der Waals surface area (Å²) in [5, 5.41) is 6.91. The number of halogens is 1. The van der Waals surface area contributed by atoms with Crippen LogP contribution in [0.3, 0.4) is 0 Å². The van der Waals surface area contributed by atoms with Gasteiger partial charge in [0.05, 0.1) is 30.1 Å². The summed E-state index contributed by atoms with van der Waals surface area (Å²) in [7, 11) is 3.45. The first kappa shape index (κ1) is 20.3. The number of amides is 1. The lowest BCUT2D eigenvalue weighted by Gasteiger charge is -2.44. The van der Waals surface area contributed by atoms with Crippen molar-refractivity contribution in [2.75, 3.05) is 19.1 Å². The normalized spacial score (nSPS) is 22.6. The molecule has 1 amide bonds. The molecule has 1 spiro atoms. The van der Waals surface area contributed by atoms with Gasteiger partial charge < -0.3 is 14.4 Å². The van der Waals surface area contributed by atoms with E-state index in [0.717, 1.165) is 43.9 Å². The standard InChI is InChI=1S/C26H22BrN3O3/c1-15-4-10-22-20(12-15)26(25(31)29(22)2)30-23(19-13-17(27)7-11-24(19)33-26)14-21(28-30)16-5-8-18(32-3)9-6-16/h4-13,23H,14H2,1-3H3/t23-,26+/m1/s1. The number of benzene rings is 3. The van der Waals surface area contributed by atoms with Gasteiger partial charge in [0.1, 0.15) is 11.5 Å². The minimum Gasteiger partial charge on any atom is -0.497 e. The molecule has 33 heavy (non-hydrogen) atoms. The van der Waals surface area contributed by atoms with Crippen LogP contribution in [0.25, 0.3) is 0 Å². The highest BCUT2D eigenvalue weighted by molar-refractivity contribution is 9.10. The number of carbonyl (C=O) groups excluding carboxylic acids is 1. The number of ether oxygens (including phenoxy) is 2. The summed E-state index contributed by atoms with van der Waals surface area (Å²) in [5.74, 6) is 1.37. The molecule has 166 valence electrons. The second kappa shape index (κ2) is 7.09. The fourth-order valence-corrected chi connectivity index (χ4v) is 5.44. The Hall–Kier alpha value is -3.32. The molecule has 0 aliphatic carbocycles. The smallest absolute Gasteiger partial charge is 0.306 e. The van der Waals surface area contributed by atoms with Crippen LogP contribution in [0.4, 0.5) is 5.69 Å². The van der Waals surface area contributed by atoms with Crippen LogP contribution in [-0.2, 0) is 10.5 Å². The van der Waals surface area contributed by atoms with E-state index in [-0.39, 0.29) is 11.9 Å². The molecule has 6 rings (SSSR count). The van der Waals surface area contributed by atoms with Gasteiger partial charge in [0.25, 0.3) is 5.91 Å². The average molecular weight is 504 g/mol. The molecular weight excluding hydrogens is 482 g/mol. The van der Waals surface area contributed by atoms with E-state index in [4.69, 9.17) is 14.6 Å². The zero-order chi connectivity index (χ0) is 22.9. The van der Waals surface area contributed by atoms with Crippen LogP contribution >= 0.6 is 15.9 Å². The molecule has 3 heterocycles. The molecule has 0 bridgehead atoms. The molecule has 0 saturated carbocycles. The highest BCUT2D eigenvalue weighted by Crippen LogP contribution is 2.55. The average Bonchev–Trinajstić information content (AvgIpc) is 3.36. The van der Waals surface area contributed by atoms with E-state index in [2.05, 4.69) is 22.0 Å². The molecule has 3 aromatic rings. The van der Waals surface area contributed by atoms with Crippen LogP contribution in [0, 0.1) is 6.92 Å². The van der Waals surface area contributed by atoms with Crippen molar-refractivity contribution in [2.45, 2.75) is 25.1 Å². The van der Waals surface area contributed by atoms with Gasteiger partial charge >= 0.3 is 5.72 Å². The number of rotatable bonds is 2. The number of likely N-dealkylation sites (N-methyl/N-ethyl adjacent to an activating group) is 1. The summed E-state index contributed by atoms with van der Waals surface area (Å²) in [6.07, 6.45) is 0.666. The van der Waals surface area contributed by atoms with Crippen molar-refractivity contribution >= 4 is 33.2 Å². The molecule has 0 aromatic heterocycles. The van der Waals surface area contributed by atoms with E-state index in [1.165, 1.54) is 0 Å². The number of carbonyl (C=O) groups is 1. The van der Waals surface area contributed by atoms with Crippen LogP contribution in [0.15, 0.2) is 70.2 Å². The minimum atomic E-state index is -1.34. The third-order valence-corrected chi connectivity index (χ3v) is 7.21. The lowest BCUT2D eigenvalue weighted by atomic mass is 9.92. The number of aryl methyl sites for hydroxylation is 1. The van der Waals surface area contributed by atoms with Crippen LogP contribution in [0.1, 0.15) is 34.7 Å². The third-order valence-electron chi connectivity index (χ3n) is 6.72. The third kappa shape index (κ3) is 2.78. The van der Waals surface area contributed by atoms with Crippen LogP contribution in [-0.4, -0.2) is 30.8 Å². The second-order valence-electron chi connectivity index (χ2n) is 8.65. The van der Waals surface area contributed by atoms with Gasteiger partial charge in [0.15, 0.2) is 0 Å². The Balaban J connectivity index is 1.57. The van der Waals surface area contributed by atoms with E-state index in [9.17, 15) is 4.79 Å². The first-order valence-electron chi connectivity index (χ1n) is 10.8. The van der Waals surface area contributed by atoms with Gasteiger partial charge in [-0.25, -0.2) is 5.01 Å². The Labute approximate surface area is 200 Å². The number of hydrazone groups is 1. The molecule has 7 heteroatoms. The quantitative estimate of drug-likeness (QED) is 0.485. The number of fused-ring (bicyclic) bond motifs is 6. The van der Waals surface area contributed by atoms with E-state index < -0.39 is 5.72 Å². The molecular formula is C26H22BrN3O3. The van der Waals surface area contributed by atoms with Crippen molar-refractivity contribution in [2.24, 2.45) is 5.10 Å². The number of hydrogen-bond acceptors (Lipinski definition) is 5. The summed E-state index contributed by atoms with van der Waals surface area (Å²) < 4.78 is 12.9. The Morgan fingerprint density at radius 2 is 1.91 bits per heavy atom. The van der Waals surface area contributed by atoms with Gasteiger partial charge in [-0.3, -0.25) is 4.79 Å².